The van der Waals surface area contributed by atoms with Crippen LogP contribution in [0.2, 0.25) is 0 Å². The molecule has 1 atom stereocenters. The van der Waals surface area contributed by atoms with Gasteiger partial charge in [-0.25, -0.2) is 4.79 Å². The number of rotatable bonds is 6. The van der Waals surface area contributed by atoms with E-state index in [-0.39, 0.29) is 5.56 Å². The Balaban J connectivity index is 1.27. The fourth-order valence-electron chi connectivity index (χ4n) is 4.29. The van der Waals surface area contributed by atoms with Crippen molar-refractivity contribution in [1.29, 1.82) is 0 Å². The van der Waals surface area contributed by atoms with E-state index in [9.17, 15) is 14.7 Å². The second kappa shape index (κ2) is 8.07. The van der Waals surface area contributed by atoms with Gasteiger partial charge in [-0.15, -0.1) is 22.0 Å². The Labute approximate surface area is 197 Å². The third kappa shape index (κ3) is 3.75. The molecule has 0 spiro atoms. The van der Waals surface area contributed by atoms with E-state index < -0.39 is 12.0 Å². The van der Waals surface area contributed by atoms with Crippen LogP contribution in [0.3, 0.4) is 0 Å². The number of nitrogens with zero attached hydrogens (tertiary/aromatic N) is 3. The highest BCUT2D eigenvalue weighted by Gasteiger charge is 2.37. The van der Waals surface area contributed by atoms with Crippen LogP contribution in [-0.4, -0.2) is 31.6 Å². The molecular formula is C24H19N3O4S2. The van der Waals surface area contributed by atoms with Crippen LogP contribution < -0.4 is 5.56 Å². The number of carboxylic acids is 1. The summed E-state index contributed by atoms with van der Waals surface area (Å²) < 4.78 is 7.36. The summed E-state index contributed by atoms with van der Waals surface area (Å²) in [5.74, 6) is 0.795. The van der Waals surface area contributed by atoms with Crippen LogP contribution in [0.4, 0.5) is 0 Å². The van der Waals surface area contributed by atoms with Crippen molar-refractivity contribution in [3.8, 4) is 11.5 Å². The van der Waals surface area contributed by atoms with E-state index >= 15 is 0 Å². The number of aliphatic carboxylic acids is 1. The highest BCUT2D eigenvalue weighted by molar-refractivity contribution is 7.99. The first-order valence-electron chi connectivity index (χ1n) is 10.7. The Kier molecular flexibility index (Phi) is 5.03. The van der Waals surface area contributed by atoms with Gasteiger partial charge >= 0.3 is 5.97 Å². The molecule has 1 unspecified atom stereocenters. The zero-order valence-electron chi connectivity index (χ0n) is 17.4. The Morgan fingerprint density at radius 1 is 1.15 bits per heavy atom. The van der Waals surface area contributed by atoms with Crippen molar-refractivity contribution in [3.05, 3.63) is 70.0 Å². The van der Waals surface area contributed by atoms with Gasteiger partial charge in [-0.05, 0) is 52.8 Å². The first-order valence-corrected chi connectivity index (χ1v) is 12.6. The summed E-state index contributed by atoms with van der Waals surface area (Å²) in [4.78, 5) is 24.4. The van der Waals surface area contributed by atoms with E-state index in [1.165, 1.54) is 28.1 Å². The molecule has 166 valence electrons. The molecule has 2 aromatic carbocycles. The number of fused-ring (bicyclic) bond motifs is 2. The van der Waals surface area contributed by atoms with E-state index in [1.54, 1.807) is 6.07 Å². The first kappa shape index (κ1) is 20.6. The number of benzene rings is 2. The van der Waals surface area contributed by atoms with E-state index in [0.717, 1.165) is 45.3 Å². The first-order chi connectivity index (χ1) is 16.1. The summed E-state index contributed by atoms with van der Waals surface area (Å²) in [7, 11) is 0. The Bertz CT molecular complexity index is 1460. The van der Waals surface area contributed by atoms with Crippen LogP contribution in [0, 0.1) is 0 Å². The van der Waals surface area contributed by atoms with Gasteiger partial charge in [-0.3, -0.25) is 9.36 Å². The van der Waals surface area contributed by atoms with Gasteiger partial charge in [0.2, 0.25) is 5.89 Å². The molecule has 6 rings (SSSR count). The molecule has 2 aliphatic rings. The summed E-state index contributed by atoms with van der Waals surface area (Å²) in [6.45, 7) is 0. The average Bonchev–Trinajstić information content (AvgIpc) is 3.36. The minimum absolute atomic E-state index is 0.259. The van der Waals surface area contributed by atoms with E-state index in [2.05, 4.69) is 16.3 Å². The van der Waals surface area contributed by atoms with Gasteiger partial charge in [-0.1, -0.05) is 42.1 Å². The van der Waals surface area contributed by atoms with Crippen LogP contribution in [0.15, 0.2) is 68.0 Å². The molecule has 0 bridgehead atoms. The fraction of sp³-hybridized carbons (Fsp3) is 0.250. The van der Waals surface area contributed by atoms with Crippen molar-refractivity contribution in [2.45, 2.75) is 40.8 Å². The van der Waals surface area contributed by atoms with Gasteiger partial charge < -0.3 is 9.52 Å². The lowest BCUT2D eigenvalue weighted by molar-refractivity contribution is -0.140. The lowest BCUT2D eigenvalue weighted by atomic mass is 10.1. The second-order valence-corrected chi connectivity index (χ2v) is 10.2. The Morgan fingerprint density at radius 2 is 1.97 bits per heavy atom. The normalized spacial score (nSPS) is 17.4. The lowest BCUT2D eigenvalue weighted by Gasteiger charge is -2.15. The van der Waals surface area contributed by atoms with Crippen molar-refractivity contribution in [3.63, 3.8) is 0 Å². The quantitative estimate of drug-likeness (QED) is 0.390. The van der Waals surface area contributed by atoms with E-state index in [0.29, 0.717) is 28.5 Å². The fourth-order valence-corrected chi connectivity index (χ4v) is 6.47. The molecule has 0 saturated heterocycles. The number of thioether (sulfide) groups is 2. The number of hydrogen-bond donors (Lipinski definition) is 1. The minimum atomic E-state index is -0.959. The molecule has 1 fully saturated rings. The maximum absolute atomic E-state index is 12.8. The maximum atomic E-state index is 12.8. The van der Waals surface area contributed by atoms with Crippen LogP contribution in [0.1, 0.15) is 35.9 Å². The summed E-state index contributed by atoms with van der Waals surface area (Å²) in [6.07, 6.45) is 2.13. The van der Waals surface area contributed by atoms with Crippen LogP contribution in [-0.2, 0) is 10.5 Å². The minimum Gasteiger partial charge on any atom is -0.480 e. The summed E-state index contributed by atoms with van der Waals surface area (Å²) in [5.41, 5.74) is 2.65. The molecular weight excluding hydrogens is 458 g/mol. The van der Waals surface area contributed by atoms with E-state index in [4.69, 9.17) is 4.42 Å². The third-order valence-corrected chi connectivity index (χ3v) is 8.08. The van der Waals surface area contributed by atoms with Crippen molar-refractivity contribution < 1.29 is 14.3 Å². The van der Waals surface area contributed by atoms with Crippen molar-refractivity contribution >= 4 is 40.3 Å². The highest BCUT2D eigenvalue weighted by Crippen LogP contribution is 2.49. The molecule has 2 aromatic heterocycles. The van der Waals surface area contributed by atoms with Gasteiger partial charge in [0.25, 0.3) is 10.8 Å². The van der Waals surface area contributed by atoms with Crippen molar-refractivity contribution in [2.24, 2.45) is 0 Å². The predicted octanol–water partition coefficient (Wildman–Crippen LogP) is 4.95. The summed E-state index contributed by atoms with van der Waals surface area (Å²) >= 11 is 2.87. The monoisotopic (exact) mass is 477 g/mol. The summed E-state index contributed by atoms with van der Waals surface area (Å²) in [5, 5.41) is 21.4. The van der Waals surface area contributed by atoms with Crippen molar-refractivity contribution in [2.75, 3.05) is 5.75 Å². The molecule has 1 aliphatic carbocycles. The summed E-state index contributed by atoms with van der Waals surface area (Å²) in [6, 6.07) is 14.9. The topological polar surface area (TPSA) is 98.2 Å². The number of carboxylic acid groups (broad SMARTS) is 1. The molecule has 9 heteroatoms. The molecule has 4 aromatic rings. The van der Waals surface area contributed by atoms with Crippen LogP contribution in [0.5, 0.6) is 0 Å². The van der Waals surface area contributed by atoms with Gasteiger partial charge in [-0.2, -0.15) is 0 Å². The Morgan fingerprint density at radius 3 is 2.76 bits per heavy atom. The van der Waals surface area contributed by atoms with Crippen molar-refractivity contribution in [1.82, 2.24) is 14.8 Å². The number of pyridine rings is 1. The Hall–Kier alpha value is -3.04. The van der Waals surface area contributed by atoms with Gasteiger partial charge in [0, 0.05) is 23.1 Å². The molecule has 33 heavy (non-hydrogen) atoms. The molecule has 1 aliphatic heterocycles. The third-order valence-electron chi connectivity index (χ3n) is 6.04. The van der Waals surface area contributed by atoms with Crippen LogP contribution in [0.25, 0.3) is 22.2 Å². The number of hydrogen-bond acceptors (Lipinski definition) is 7. The zero-order chi connectivity index (χ0) is 22.5. The average molecular weight is 478 g/mol. The number of aromatic nitrogens is 3. The zero-order valence-corrected chi connectivity index (χ0v) is 19.1. The maximum Gasteiger partial charge on any atom is 0.327 e. The van der Waals surface area contributed by atoms with Gasteiger partial charge in [0.1, 0.15) is 6.04 Å². The van der Waals surface area contributed by atoms with Gasteiger partial charge in [0.05, 0.1) is 5.03 Å². The standard InChI is InChI=1S/C24H19N3O4S2/c28-19-10-17(20(14-6-7-14)22-27(19)18(12-32-22)23(29)30)11-33-24-26-25-21(31-24)16-8-5-13-3-1-2-4-15(13)9-16/h1-5,8-10,14,18H,6-7,11-12H2,(H,29,30). The smallest absolute Gasteiger partial charge is 0.327 e. The SMILES string of the molecule is O=C(O)C1CSc2c(C3CC3)c(CSc3nnc(-c4ccc5ccccc5c4)o3)cc(=O)n21. The lowest BCUT2D eigenvalue weighted by Crippen LogP contribution is -2.29. The molecule has 1 saturated carbocycles. The molecule has 0 radical (unpaired) electrons. The molecule has 1 N–H and O–H groups in total. The molecule has 3 heterocycles. The van der Waals surface area contributed by atoms with Crippen LogP contribution >= 0.6 is 23.5 Å². The largest absolute Gasteiger partial charge is 0.480 e. The van der Waals surface area contributed by atoms with E-state index in [1.807, 2.05) is 36.4 Å². The molecule has 0 amide bonds. The number of carbonyl (C=O) groups is 1. The molecule has 7 nitrogen and oxygen atoms in total. The predicted molar refractivity (Wildman–Crippen MR) is 127 cm³/mol. The van der Waals surface area contributed by atoms with Gasteiger partial charge in [0.15, 0.2) is 0 Å². The highest BCUT2D eigenvalue weighted by atomic mass is 32.2. The second-order valence-electron chi connectivity index (χ2n) is 8.26.